The lowest BCUT2D eigenvalue weighted by molar-refractivity contribution is -0.147. The van der Waals surface area contributed by atoms with Gasteiger partial charge in [0.25, 0.3) is 0 Å². The fourth-order valence-corrected chi connectivity index (χ4v) is 8.24. The van der Waals surface area contributed by atoms with Crippen LogP contribution >= 0.6 is 18.1 Å². The normalized spacial score (nSPS) is 30.9. The number of nitrogens with one attached hydrogen (secondary N) is 1. The zero-order valence-corrected chi connectivity index (χ0v) is 22.9. The number of nitrogens with zero attached hydrogens (tertiary/aromatic N) is 4. The van der Waals surface area contributed by atoms with Gasteiger partial charge in [-0.15, -0.1) is 0 Å². The van der Waals surface area contributed by atoms with Gasteiger partial charge in [0.1, 0.15) is 30.5 Å². The number of aliphatic hydroxyl groups excluding tert-OH is 1. The summed E-state index contributed by atoms with van der Waals surface area (Å²) in [6.07, 6.45) is -1.86. The first-order valence-corrected chi connectivity index (χ1v) is 15.3. The van der Waals surface area contributed by atoms with Crippen LogP contribution < -0.4 is 15.6 Å². The number of aliphatic hydroxyl groups is 2. The van der Waals surface area contributed by atoms with Gasteiger partial charge >= 0.3 is 12.7 Å². The lowest BCUT2D eigenvalue weighted by Crippen LogP contribution is -2.44. The first-order chi connectivity index (χ1) is 18.6. The molecule has 0 unspecified atom stereocenters. The third-order valence-electron chi connectivity index (χ3n) is 6.51. The van der Waals surface area contributed by atoms with E-state index in [2.05, 4.69) is 20.0 Å². The van der Waals surface area contributed by atoms with Gasteiger partial charge < -0.3 is 34.7 Å². The summed E-state index contributed by atoms with van der Waals surface area (Å²) in [5, 5.41) is 24.8. The minimum Gasteiger partial charge on any atom is -0.479 e. The monoisotopic (exact) mass is 580 g/mol. The zero-order valence-electron chi connectivity index (χ0n) is 21.2. The average Bonchev–Trinajstić information content (AvgIpc) is 3.43. The molecule has 210 valence electrons. The molecule has 16 heteroatoms. The van der Waals surface area contributed by atoms with Gasteiger partial charge in [-0.2, -0.15) is 9.97 Å². The summed E-state index contributed by atoms with van der Waals surface area (Å²) in [6.45, 7) is -2.39. The standard InChI is InChI=1S/C23H29N6O8PS/c1-23(32)17(30)15(37-21(23)29-12-25-16-18(29)26-22(24)27-19(16)34-2)11-36-38(33)28-14(8-9-39-38)20(31)35-10-13-6-4-3-5-7-13/h3-7,12,14-15,17,21,30,32H,8-11H2,1-2H3,(H,28,33)(H2,24,26,27)/t14-,15+,17+,21+,23+,38-/m0/s1. The van der Waals surface area contributed by atoms with Crippen LogP contribution in [0.4, 0.5) is 5.95 Å². The average molecular weight is 581 g/mol. The van der Waals surface area contributed by atoms with Gasteiger partial charge in [0, 0.05) is 5.75 Å². The second-order valence-electron chi connectivity index (χ2n) is 9.30. The number of ether oxygens (including phenoxy) is 3. The quantitative estimate of drug-likeness (QED) is 0.220. The maximum atomic E-state index is 13.4. The first kappa shape index (κ1) is 27.8. The number of carbonyl (C=O) groups is 1. The predicted octanol–water partition coefficient (Wildman–Crippen LogP) is 1.39. The van der Waals surface area contributed by atoms with E-state index < -0.39 is 42.8 Å². The largest absolute Gasteiger partial charge is 0.479 e. The Morgan fingerprint density at radius 3 is 2.87 bits per heavy atom. The first-order valence-electron chi connectivity index (χ1n) is 12.1. The van der Waals surface area contributed by atoms with Crippen molar-refractivity contribution in [2.45, 2.75) is 50.0 Å². The Balaban J connectivity index is 1.24. The third kappa shape index (κ3) is 5.61. The summed E-state index contributed by atoms with van der Waals surface area (Å²) in [5.41, 5.74) is 5.33. The van der Waals surface area contributed by atoms with Crippen molar-refractivity contribution in [2.24, 2.45) is 0 Å². The van der Waals surface area contributed by atoms with Crippen molar-refractivity contribution in [1.29, 1.82) is 0 Å². The summed E-state index contributed by atoms with van der Waals surface area (Å²) >= 11 is 1.05. The minimum atomic E-state index is -3.56. The highest BCUT2D eigenvalue weighted by Crippen LogP contribution is 2.59. The molecule has 39 heavy (non-hydrogen) atoms. The Morgan fingerprint density at radius 1 is 1.36 bits per heavy atom. The van der Waals surface area contributed by atoms with Gasteiger partial charge in [-0.1, -0.05) is 41.7 Å². The highest BCUT2D eigenvalue weighted by molar-refractivity contribution is 8.56. The lowest BCUT2D eigenvalue weighted by atomic mass is 9.96. The Morgan fingerprint density at radius 2 is 2.13 bits per heavy atom. The van der Waals surface area contributed by atoms with Crippen LogP contribution in [-0.2, 0) is 30.0 Å². The van der Waals surface area contributed by atoms with Crippen molar-refractivity contribution in [3.05, 3.63) is 42.2 Å². The van der Waals surface area contributed by atoms with Gasteiger partial charge in [-0.3, -0.25) is 13.9 Å². The van der Waals surface area contributed by atoms with Gasteiger partial charge in [-0.05, 0) is 18.9 Å². The number of hydrogen-bond donors (Lipinski definition) is 4. The number of anilines is 1. The molecule has 0 saturated carbocycles. The molecule has 4 heterocycles. The molecule has 0 aliphatic carbocycles. The highest BCUT2D eigenvalue weighted by Gasteiger charge is 2.54. The zero-order chi connectivity index (χ0) is 27.8. The van der Waals surface area contributed by atoms with Crippen molar-refractivity contribution >= 4 is 41.2 Å². The maximum absolute atomic E-state index is 13.4. The van der Waals surface area contributed by atoms with Crippen molar-refractivity contribution in [3.8, 4) is 5.88 Å². The Kier molecular flexibility index (Phi) is 7.84. The summed E-state index contributed by atoms with van der Waals surface area (Å²) in [6, 6.07) is 8.42. The third-order valence-corrected chi connectivity index (χ3v) is 10.6. The Hall–Kier alpha value is -2.78. The van der Waals surface area contributed by atoms with E-state index in [4.69, 9.17) is 24.5 Å². The van der Waals surface area contributed by atoms with Crippen LogP contribution in [0.3, 0.4) is 0 Å². The molecule has 5 rings (SSSR count). The predicted molar refractivity (Wildman–Crippen MR) is 141 cm³/mol. The van der Waals surface area contributed by atoms with Crippen LogP contribution in [0.25, 0.3) is 11.2 Å². The number of imidazole rings is 1. The van der Waals surface area contributed by atoms with Gasteiger partial charge in [-0.25, -0.2) is 10.1 Å². The van der Waals surface area contributed by atoms with Crippen molar-refractivity contribution in [2.75, 3.05) is 25.2 Å². The molecule has 2 aliphatic rings. The Labute approximate surface area is 227 Å². The van der Waals surface area contributed by atoms with Crippen molar-refractivity contribution in [3.63, 3.8) is 0 Å². The van der Waals surface area contributed by atoms with Gasteiger partial charge in [0.15, 0.2) is 17.4 Å². The van der Waals surface area contributed by atoms with E-state index in [1.54, 1.807) is 0 Å². The molecule has 2 aliphatic heterocycles. The molecule has 0 bridgehead atoms. The molecule has 0 amide bonds. The molecular weight excluding hydrogens is 551 g/mol. The topological polar surface area (TPSA) is 193 Å². The lowest BCUT2D eigenvalue weighted by Gasteiger charge is -2.29. The van der Waals surface area contributed by atoms with E-state index >= 15 is 0 Å². The number of nitrogens with two attached hydrogens (primary N) is 1. The molecule has 3 aromatic rings. The van der Waals surface area contributed by atoms with Crippen LogP contribution in [0.2, 0.25) is 0 Å². The van der Waals surface area contributed by atoms with Crippen molar-refractivity contribution in [1.82, 2.24) is 24.6 Å². The summed E-state index contributed by atoms with van der Waals surface area (Å²) < 4.78 is 37.0. The number of nitrogen functional groups attached to an aromatic ring is 1. The van der Waals surface area contributed by atoms with E-state index in [0.717, 1.165) is 16.9 Å². The number of hydrogen-bond acceptors (Lipinski definition) is 13. The number of methoxy groups -OCH3 is 1. The fraction of sp³-hybridized carbons (Fsp3) is 0.478. The van der Waals surface area contributed by atoms with Gasteiger partial charge in [0.2, 0.25) is 11.8 Å². The molecular formula is C23H29N6O8PS. The highest BCUT2D eigenvalue weighted by atomic mass is 32.7. The van der Waals surface area contributed by atoms with E-state index in [-0.39, 0.29) is 36.2 Å². The fourth-order valence-electron chi connectivity index (χ4n) is 4.43. The molecule has 2 saturated heterocycles. The molecule has 0 radical (unpaired) electrons. The smallest absolute Gasteiger partial charge is 0.327 e. The Bertz CT molecular complexity index is 1390. The van der Waals surface area contributed by atoms with Crippen molar-refractivity contribution < 1.29 is 38.3 Å². The minimum absolute atomic E-state index is 0.0745. The summed E-state index contributed by atoms with van der Waals surface area (Å²) in [5.74, 6) is -0.0701. The molecule has 14 nitrogen and oxygen atoms in total. The number of rotatable bonds is 8. The SMILES string of the molecule is COc1nc(N)nc2c1ncn2[C@@H]1O[C@H](CO[P@@]2(=O)N[C@H](C(=O)OCc3ccccc3)CCS2)[C@@H](O)[C@@]1(C)O. The maximum Gasteiger partial charge on any atom is 0.327 e. The molecule has 5 N–H and O–H groups in total. The number of aromatic nitrogens is 4. The van der Waals surface area contributed by atoms with Crippen LogP contribution in [0.1, 0.15) is 25.1 Å². The number of esters is 1. The van der Waals surface area contributed by atoms with Crippen LogP contribution in [0, 0.1) is 0 Å². The van der Waals surface area contributed by atoms with Crippen LogP contribution in [-0.4, -0.2) is 79.0 Å². The van der Waals surface area contributed by atoms with E-state index in [1.165, 1.54) is 24.9 Å². The number of fused-ring (bicyclic) bond motifs is 1. The van der Waals surface area contributed by atoms with E-state index in [9.17, 15) is 19.6 Å². The van der Waals surface area contributed by atoms with Crippen LogP contribution in [0.5, 0.6) is 5.88 Å². The molecule has 0 spiro atoms. The van der Waals surface area contributed by atoms with Gasteiger partial charge in [0.05, 0.1) is 20.0 Å². The molecule has 2 aromatic heterocycles. The molecule has 6 atom stereocenters. The second-order valence-corrected chi connectivity index (χ2v) is 13.7. The second kappa shape index (κ2) is 11.0. The number of carbonyl (C=O) groups excluding carboxylic acids is 1. The summed E-state index contributed by atoms with van der Waals surface area (Å²) in [7, 11) is 1.41. The van der Waals surface area contributed by atoms with E-state index in [0.29, 0.717) is 12.2 Å². The van der Waals surface area contributed by atoms with E-state index in [1.807, 2.05) is 30.3 Å². The number of benzene rings is 1. The molecule has 1 aromatic carbocycles. The summed E-state index contributed by atoms with van der Waals surface area (Å²) in [4.78, 5) is 25.0. The molecule has 2 fully saturated rings. The van der Waals surface area contributed by atoms with Crippen LogP contribution in [0.15, 0.2) is 36.7 Å².